The van der Waals surface area contributed by atoms with Crippen molar-refractivity contribution in [1.29, 1.82) is 0 Å². The molecule has 0 bridgehead atoms. The Morgan fingerprint density at radius 1 is 0.895 bits per heavy atom. The number of ketones is 2. The summed E-state index contributed by atoms with van der Waals surface area (Å²) in [4.78, 5) is 39.8. The molecule has 0 amide bonds. The number of benzene rings is 2. The van der Waals surface area contributed by atoms with Crippen molar-refractivity contribution in [3.63, 3.8) is 0 Å². The van der Waals surface area contributed by atoms with Crippen molar-refractivity contribution in [1.82, 2.24) is 4.90 Å². The van der Waals surface area contributed by atoms with Crippen LogP contribution in [0.2, 0.25) is 5.02 Å². The van der Waals surface area contributed by atoms with Gasteiger partial charge in [-0.05, 0) is 67.6 Å². The molecule has 1 aliphatic heterocycles. The van der Waals surface area contributed by atoms with Gasteiger partial charge in [-0.2, -0.15) is 8.42 Å². The highest BCUT2D eigenvalue weighted by molar-refractivity contribution is 7.87. The van der Waals surface area contributed by atoms with Crippen molar-refractivity contribution in [2.75, 3.05) is 6.54 Å². The molecule has 0 unspecified atom stereocenters. The summed E-state index contributed by atoms with van der Waals surface area (Å²) >= 11 is 5.85. The molecule has 5 rings (SSSR count). The summed E-state index contributed by atoms with van der Waals surface area (Å²) in [5, 5.41) is 9.71. The van der Waals surface area contributed by atoms with Crippen molar-refractivity contribution in [2.24, 2.45) is 0 Å². The average Bonchev–Trinajstić information content (AvgIpc) is 2.88. The maximum atomic E-state index is 13.3. The number of halogens is 1. The molecule has 1 heterocycles. The van der Waals surface area contributed by atoms with Gasteiger partial charge in [-0.3, -0.25) is 14.4 Å². The molecular formula is C28H26ClNO7S. The van der Waals surface area contributed by atoms with E-state index in [4.69, 9.17) is 15.8 Å². The minimum absolute atomic E-state index is 0.0371. The lowest BCUT2D eigenvalue weighted by Crippen LogP contribution is -2.39. The van der Waals surface area contributed by atoms with Crippen molar-refractivity contribution < 1.29 is 32.1 Å². The lowest BCUT2D eigenvalue weighted by Gasteiger charge is -2.43. The molecule has 1 N–H and O–H groups in total. The molecule has 0 atom stereocenters. The maximum absolute atomic E-state index is 13.3. The predicted octanol–water partition coefficient (Wildman–Crippen LogP) is 5.00. The number of rotatable bonds is 7. The summed E-state index contributed by atoms with van der Waals surface area (Å²) in [6.07, 6.45) is 3.21. The molecule has 0 spiro atoms. The van der Waals surface area contributed by atoms with Gasteiger partial charge >= 0.3 is 16.1 Å². The zero-order valence-electron chi connectivity index (χ0n) is 20.5. The Labute approximate surface area is 225 Å². The molecule has 0 fully saturated rings. The summed E-state index contributed by atoms with van der Waals surface area (Å²) in [6.45, 7) is 0.204. The Bertz CT molecular complexity index is 1430. The second kappa shape index (κ2) is 10.4. The van der Waals surface area contributed by atoms with Crippen LogP contribution in [0.5, 0.6) is 5.75 Å². The number of aliphatic carboxylic acids is 1. The van der Waals surface area contributed by atoms with Gasteiger partial charge in [0.15, 0.2) is 11.6 Å². The van der Waals surface area contributed by atoms with Crippen LogP contribution in [0, 0.1) is 0 Å². The van der Waals surface area contributed by atoms with Gasteiger partial charge in [-0.15, -0.1) is 0 Å². The number of Topliss-reactive ketones (excluding diaryl/α,β-unsaturated/α-hetero) is 2. The van der Waals surface area contributed by atoms with Crippen LogP contribution in [0.4, 0.5) is 0 Å². The number of hydrogen-bond donors (Lipinski definition) is 1. The van der Waals surface area contributed by atoms with Crippen molar-refractivity contribution in [3.05, 3.63) is 81.7 Å². The van der Waals surface area contributed by atoms with Gasteiger partial charge in [0.2, 0.25) is 0 Å². The molecular weight excluding hydrogens is 530 g/mol. The number of carboxylic acids is 1. The van der Waals surface area contributed by atoms with E-state index in [-0.39, 0.29) is 35.2 Å². The minimum Gasteiger partial charge on any atom is -0.481 e. The fourth-order valence-electron chi connectivity index (χ4n) is 5.52. The van der Waals surface area contributed by atoms with E-state index in [0.717, 1.165) is 11.4 Å². The smallest absolute Gasteiger partial charge is 0.339 e. The van der Waals surface area contributed by atoms with E-state index in [9.17, 15) is 27.9 Å². The van der Waals surface area contributed by atoms with Gasteiger partial charge in [0.1, 0.15) is 10.6 Å². The summed E-state index contributed by atoms with van der Waals surface area (Å²) in [7, 11) is -4.08. The molecule has 10 heteroatoms. The van der Waals surface area contributed by atoms with Gasteiger partial charge in [-0.25, -0.2) is 0 Å². The second-order valence-electron chi connectivity index (χ2n) is 9.56. The zero-order chi connectivity index (χ0) is 27.0. The van der Waals surface area contributed by atoms with Crippen LogP contribution in [0.25, 0.3) is 0 Å². The topological polar surface area (TPSA) is 118 Å². The Hall–Kier alpha value is -3.43. The van der Waals surface area contributed by atoms with E-state index in [1.54, 1.807) is 12.1 Å². The van der Waals surface area contributed by atoms with E-state index in [2.05, 4.69) is 0 Å². The Morgan fingerprint density at radius 2 is 1.45 bits per heavy atom. The lowest BCUT2D eigenvalue weighted by molar-refractivity contribution is -0.137. The lowest BCUT2D eigenvalue weighted by atomic mass is 9.71. The van der Waals surface area contributed by atoms with Crippen molar-refractivity contribution >= 4 is 39.3 Å². The number of nitrogens with zero attached hydrogens (tertiary/aromatic N) is 1. The highest BCUT2D eigenvalue weighted by atomic mass is 35.5. The fraction of sp³-hybridized carbons (Fsp3) is 0.321. The van der Waals surface area contributed by atoms with Crippen LogP contribution < -0.4 is 4.18 Å². The first kappa shape index (κ1) is 26.2. The normalized spacial score (nSPS) is 18.4. The van der Waals surface area contributed by atoms with Gasteiger partial charge < -0.3 is 14.2 Å². The highest BCUT2D eigenvalue weighted by Crippen LogP contribution is 2.49. The minimum atomic E-state index is -4.08. The van der Waals surface area contributed by atoms with E-state index in [0.29, 0.717) is 60.3 Å². The monoisotopic (exact) mass is 555 g/mol. The molecule has 8 nitrogen and oxygen atoms in total. The van der Waals surface area contributed by atoms with Crippen LogP contribution in [-0.2, 0) is 24.5 Å². The SMILES string of the molecule is O=C(O)CCN1C2=C(C(=O)CCC2)C(c2ccc(OS(=O)(=O)c3ccc(Cl)cc3)cc2)C2=C1CCCC2=O. The third kappa shape index (κ3) is 5.00. The van der Waals surface area contributed by atoms with Crippen LogP contribution in [0.3, 0.4) is 0 Å². The largest absolute Gasteiger partial charge is 0.481 e. The third-order valence-corrected chi connectivity index (χ3v) is 8.67. The summed E-state index contributed by atoms with van der Waals surface area (Å²) in [5.74, 6) is -1.52. The van der Waals surface area contributed by atoms with Gasteiger partial charge in [0, 0.05) is 52.9 Å². The Morgan fingerprint density at radius 3 is 1.97 bits per heavy atom. The molecule has 0 aromatic heterocycles. The third-order valence-electron chi connectivity index (χ3n) is 7.16. The molecule has 0 saturated heterocycles. The first-order valence-corrected chi connectivity index (χ1v) is 14.3. The molecule has 2 aromatic rings. The number of allylic oxidation sites excluding steroid dienone is 4. The van der Waals surface area contributed by atoms with Gasteiger partial charge in [-0.1, -0.05) is 23.7 Å². The number of carboxylic acid groups (broad SMARTS) is 1. The highest BCUT2D eigenvalue weighted by Gasteiger charge is 2.43. The molecule has 2 aliphatic carbocycles. The molecule has 38 heavy (non-hydrogen) atoms. The molecule has 0 saturated carbocycles. The molecule has 198 valence electrons. The molecule has 2 aromatic carbocycles. The fourth-order valence-corrected chi connectivity index (χ4v) is 6.58. The average molecular weight is 556 g/mol. The second-order valence-corrected chi connectivity index (χ2v) is 11.5. The van der Waals surface area contributed by atoms with E-state index < -0.39 is 22.0 Å². The van der Waals surface area contributed by atoms with Crippen LogP contribution >= 0.6 is 11.6 Å². The molecule has 0 radical (unpaired) electrons. The first-order chi connectivity index (χ1) is 18.2. The standard InChI is InChI=1S/C28H26ClNO7S/c29-18-9-13-20(14-10-18)38(35,36)37-19-11-7-17(8-12-19)26-27-21(3-1-5-23(27)31)30(16-15-25(33)34)22-4-2-6-24(32)28(22)26/h7-14,26H,1-6,15-16H2,(H,33,34). The van der Waals surface area contributed by atoms with E-state index in [1.807, 2.05) is 4.90 Å². The predicted molar refractivity (Wildman–Crippen MR) is 139 cm³/mol. The number of carbonyl (C=O) groups is 3. The van der Waals surface area contributed by atoms with Crippen LogP contribution in [-0.4, -0.2) is 42.5 Å². The van der Waals surface area contributed by atoms with Crippen LogP contribution in [0.15, 0.2) is 76.0 Å². The number of hydrogen-bond acceptors (Lipinski definition) is 7. The quantitative estimate of drug-likeness (QED) is 0.474. The van der Waals surface area contributed by atoms with E-state index >= 15 is 0 Å². The van der Waals surface area contributed by atoms with Crippen molar-refractivity contribution in [2.45, 2.75) is 55.8 Å². The molecule has 3 aliphatic rings. The van der Waals surface area contributed by atoms with Crippen LogP contribution in [0.1, 0.15) is 56.4 Å². The summed E-state index contributed by atoms with van der Waals surface area (Å²) in [5.41, 5.74) is 3.36. The summed E-state index contributed by atoms with van der Waals surface area (Å²) in [6, 6.07) is 12.0. The maximum Gasteiger partial charge on any atom is 0.339 e. The number of carbonyl (C=O) groups excluding carboxylic acids is 2. The van der Waals surface area contributed by atoms with Crippen molar-refractivity contribution in [3.8, 4) is 5.75 Å². The summed E-state index contributed by atoms with van der Waals surface area (Å²) < 4.78 is 30.7. The first-order valence-electron chi connectivity index (χ1n) is 12.5. The van der Waals surface area contributed by atoms with Gasteiger partial charge in [0.05, 0.1) is 6.42 Å². The van der Waals surface area contributed by atoms with E-state index in [1.165, 1.54) is 36.4 Å². The van der Waals surface area contributed by atoms with Gasteiger partial charge in [0.25, 0.3) is 0 Å². The zero-order valence-corrected chi connectivity index (χ0v) is 22.1. The Balaban J connectivity index is 1.52. The Kier molecular flexibility index (Phi) is 7.15.